The van der Waals surface area contributed by atoms with E-state index in [1.165, 1.54) is 79.6 Å². The number of benzene rings is 1. The maximum atomic E-state index is 11.7. The summed E-state index contributed by atoms with van der Waals surface area (Å²) in [5.74, 6) is 0. The van der Waals surface area contributed by atoms with Crippen LogP contribution in [0.4, 0.5) is 0 Å². The molecule has 3 heteroatoms. The summed E-state index contributed by atoms with van der Waals surface area (Å²) >= 11 is 2.43. The van der Waals surface area contributed by atoms with Crippen molar-refractivity contribution >= 4 is 33.5 Å². The van der Waals surface area contributed by atoms with Crippen LogP contribution in [-0.2, 0) is 5.60 Å². The number of hydrogen-bond donors (Lipinski definition) is 2. The number of fused-ring (bicyclic) bond motifs is 1. The fourth-order valence-corrected chi connectivity index (χ4v) is 5.69. The monoisotopic (exact) mass is 481 g/mol. The maximum absolute atomic E-state index is 11.7. The van der Waals surface area contributed by atoms with Crippen LogP contribution in [0.3, 0.4) is 0 Å². The smallest absolute Gasteiger partial charge is 0.105 e. The standard InChI is InChI=1S/C24H36INO/c25-22-20-16-12-13-17-21(20)26-23(22)24(27)18-14-10-8-6-4-2-1-3-5-7-9-11-15-19-24/h12-13,16-17,26-27H,1-11,14-15,18-19H2. The number of halogens is 1. The summed E-state index contributed by atoms with van der Waals surface area (Å²) in [5.41, 5.74) is 1.51. The number of H-pyrrole nitrogens is 1. The molecule has 0 atom stereocenters. The Balaban J connectivity index is 1.72. The van der Waals surface area contributed by atoms with Crippen molar-refractivity contribution in [1.29, 1.82) is 0 Å². The van der Waals surface area contributed by atoms with Gasteiger partial charge >= 0.3 is 0 Å². The van der Waals surface area contributed by atoms with Gasteiger partial charge in [-0.05, 0) is 41.5 Å². The molecule has 0 aliphatic heterocycles. The Kier molecular flexibility index (Phi) is 8.50. The van der Waals surface area contributed by atoms with Gasteiger partial charge in [0.05, 0.1) is 5.69 Å². The molecular weight excluding hydrogens is 445 g/mol. The summed E-state index contributed by atoms with van der Waals surface area (Å²) in [6, 6.07) is 8.45. The van der Waals surface area contributed by atoms with E-state index in [0.29, 0.717) is 0 Å². The lowest BCUT2D eigenvalue weighted by atomic mass is 9.86. The molecule has 0 bridgehead atoms. The number of aromatic nitrogens is 1. The van der Waals surface area contributed by atoms with E-state index in [1.54, 1.807) is 0 Å². The lowest BCUT2D eigenvalue weighted by molar-refractivity contribution is 0.00894. The van der Waals surface area contributed by atoms with E-state index >= 15 is 0 Å². The van der Waals surface area contributed by atoms with Crippen LogP contribution in [0.25, 0.3) is 10.9 Å². The molecule has 1 aliphatic rings. The van der Waals surface area contributed by atoms with Crippen LogP contribution < -0.4 is 0 Å². The second-order valence-electron chi connectivity index (χ2n) is 8.49. The fraction of sp³-hybridized carbons (Fsp3) is 0.667. The highest BCUT2D eigenvalue weighted by atomic mass is 127. The lowest BCUT2D eigenvalue weighted by Crippen LogP contribution is -2.27. The molecule has 2 N–H and O–H groups in total. The first kappa shape index (κ1) is 21.2. The molecule has 3 rings (SSSR count). The summed E-state index contributed by atoms with van der Waals surface area (Å²) in [6.07, 6.45) is 18.9. The molecule has 27 heavy (non-hydrogen) atoms. The van der Waals surface area contributed by atoms with Gasteiger partial charge in [0.2, 0.25) is 0 Å². The van der Waals surface area contributed by atoms with Crippen LogP contribution in [0, 0.1) is 3.57 Å². The average molecular weight is 481 g/mol. The first-order valence-corrected chi connectivity index (χ1v) is 12.3. The zero-order chi connectivity index (χ0) is 19.0. The van der Waals surface area contributed by atoms with Gasteiger partial charge in [-0.1, -0.05) is 102 Å². The molecule has 1 saturated carbocycles. The Labute approximate surface area is 178 Å². The molecule has 1 heterocycles. The lowest BCUT2D eigenvalue weighted by Gasteiger charge is -2.28. The molecule has 0 radical (unpaired) electrons. The third-order valence-electron chi connectivity index (χ3n) is 6.29. The van der Waals surface area contributed by atoms with Crippen molar-refractivity contribution < 1.29 is 5.11 Å². The number of hydrogen-bond acceptors (Lipinski definition) is 1. The Hall–Kier alpha value is -0.550. The molecule has 2 aromatic rings. The van der Waals surface area contributed by atoms with Crippen LogP contribution in [0.1, 0.15) is 102 Å². The minimum absolute atomic E-state index is 0.702. The van der Waals surface area contributed by atoms with E-state index in [0.717, 1.165) is 36.9 Å². The predicted molar refractivity (Wildman–Crippen MR) is 124 cm³/mol. The Bertz CT molecular complexity index is 677. The Morgan fingerprint density at radius 2 is 1.15 bits per heavy atom. The molecular formula is C24H36INO. The van der Waals surface area contributed by atoms with Gasteiger partial charge in [0.15, 0.2) is 0 Å². The first-order chi connectivity index (χ1) is 13.2. The highest BCUT2D eigenvalue weighted by molar-refractivity contribution is 14.1. The highest BCUT2D eigenvalue weighted by Gasteiger charge is 2.32. The van der Waals surface area contributed by atoms with Gasteiger partial charge in [0.25, 0.3) is 0 Å². The van der Waals surface area contributed by atoms with Gasteiger partial charge in [-0.2, -0.15) is 0 Å². The first-order valence-electron chi connectivity index (χ1n) is 11.2. The number of nitrogens with one attached hydrogen (secondary N) is 1. The van der Waals surface area contributed by atoms with Crippen LogP contribution in [0.15, 0.2) is 24.3 Å². The number of para-hydroxylation sites is 1. The van der Waals surface area contributed by atoms with Crippen molar-refractivity contribution in [2.75, 3.05) is 0 Å². The van der Waals surface area contributed by atoms with Crippen LogP contribution in [0.2, 0.25) is 0 Å². The molecule has 2 nitrogen and oxygen atoms in total. The largest absolute Gasteiger partial charge is 0.384 e. The number of aliphatic hydroxyl groups is 1. The van der Waals surface area contributed by atoms with Gasteiger partial charge < -0.3 is 10.1 Å². The quantitative estimate of drug-likeness (QED) is 0.400. The summed E-state index contributed by atoms with van der Waals surface area (Å²) in [5, 5.41) is 12.9. The molecule has 1 aliphatic carbocycles. The number of aromatic amines is 1. The molecule has 0 spiro atoms. The summed E-state index contributed by atoms with van der Waals surface area (Å²) in [7, 11) is 0. The van der Waals surface area contributed by atoms with Gasteiger partial charge in [-0.3, -0.25) is 0 Å². The van der Waals surface area contributed by atoms with Crippen molar-refractivity contribution in [3.63, 3.8) is 0 Å². The van der Waals surface area contributed by atoms with E-state index in [2.05, 4.69) is 51.8 Å². The minimum Gasteiger partial charge on any atom is -0.384 e. The second kappa shape index (κ2) is 10.8. The van der Waals surface area contributed by atoms with Gasteiger partial charge in [0, 0.05) is 14.5 Å². The van der Waals surface area contributed by atoms with E-state index in [-0.39, 0.29) is 0 Å². The van der Waals surface area contributed by atoms with E-state index in [4.69, 9.17) is 0 Å². The fourth-order valence-electron chi connectivity index (χ4n) is 4.58. The molecule has 0 unspecified atom stereocenters. The third kappa shape index (κ3) is 5.96. The predicted octanol–water partition coefficient (Wildman–Crippen LogP) is 7.83. The summed E-state index contributed by atoms with van der Waals surface area (Å²) < 4.78 is 1.21. The highest BCUT2D eigenvalue weighted by Crippen LogP contribution is 2.38. The molecule has 1 aromatic carbocycles. The normalized spacial score (nSPS) is 21.3. The molecule has 1 fully saturated rings. The Morgan fingerprint density at radius 3 is 1.63 bits per heavy atom. The van der Waals surface area contributed by atoms with Gasteiger partial charge in [0.1, 0.15) is 5.60 Å². The van der Waals surface area contributed by atoms with Crippen molar-refractivity contribution in [3.05, 3.63) is 33.5 Å². The Morgan fingerprint density at radius 1 is 0.704 bits per heavy atom. The second-order valence-corrected chi connectivity index (χ2v) is 9.57. The summed E-state index contributed by atoms with van der Waals surface area (Å²) in [4.78, 5) is 3.57. The maximum Gasteiger partial charge on any atom is 0.105 e. The summed E-state index contributed by atoms with van der Waals surface area (Å²) in [6.45, 7) is 0. The average Bonchev–Trinajstić information content (AvgIpc) is 3.02. The van der Waals surface area contributed by atoms with Gasteiger partial charge in [-0.25, -0.2) is 0 Å². The van der Waals surface area contributed by atoms with Crippen molar-refractivity contribution in [2.45, 2.75) is 102 Å². The van der Waals surface area contributed by atoms with Gasteiger partial charge in [-0.15, -0.1) is 0 Å². The minimum atomic E-state index is -0.702. The molecule has 0 amide bonds. The van der Waals surface area contributed by atoms with Crippen LogP contribution in [0.5, 0.6) is 0 Å². The third-order valence-corrected chi connectivity index (χ3v) is 7.41. The number of rotatable bonds is 1. The van der Waals surface area contributed by atoms with E-state index in [9.17, 15) is 5.11 Å². The molecule has 150 valence electrons. The molecule has 0 saturated heterocycles. The van der Waals surface area contributed by atoms with E-state index in [1.807, 2.05) is 0 Å². The van der Waals surface area contributed by atoms with Crippen LogP contribution >= 0.6 is 22.6 Å². The van der Waals surface area contributed by atoms with Crippen molar-refractivity contribution in [1.82, 2.24) is 4.98 Å². The van der Waals surface area contributed by atoms with Crippen LogP contribution in [-0.4, -0.2) is 10.1 Å². The SMILES string of the molecule is OC1(c2[nH]c3ccccc3c2I)CCCCCCCCCCCCCCC1. The zero-order valence-electron chi connectivity index (χ0n) is 16.7. The van der Waals surface area contributed by atoms with Crippen molar-refractivity contribution in [3.8, 4) is 0 Å². The van der Waals surface area contributed by atoms with E-state index < -0.39 is 5.60 Å². The zero-order valence-corrected chi connectivity index (χ0v) is 18.9. The van der Waals surface area contributed by atoms with Crippen molar-refractivity contribution in [2.24, 2.45) is 0 Å². The molecule has 1 aromatic heterocycles. The topological polar surface area (TPSA) is 36.0 Å².